The van der Waals surface area contributed by atoms with Gasteiger partial charge in [-0.3, -0.25) is 4.68 Å². The van der Waals surface area contributed by atoms with E-state index in [-0.39, 0.29) is 5.41 Å². The lowest BCUT2D eigenvalue weighted by Crippen LogP contribution is -2.35. The number of nitrogens with zero attached hydrogens (tertiary/aromatic N) is 2. The van der Waals surface area contributed by atoms with E-state index in [2.05, 4.69) is 47.1 Å². The number of methoxy groups -OCH3 is 1. The molecule has 1 aromatic rings. The Labute approximate surface area is 137 Å². The molecule has 0 aliphatic heterocycles. The highest BCUT2D eigenvalue weighted by Crippen LogP contribution is 2.32. The number of hydrogen-bond donors (Lipinski definition) is 1. The molecule has 0 aliphatic rings. The number of halogens is 1. The number of ether oxygens (including phenoxy) is 1. The smallest absolute Gasteiger partial charge is 0.0766 e. The molecule has 0 saturated carbocycles. The van der Waals surface area contributed by atoms with Gasteiger partial charge in [-0.25, -0.2) is 0 Å². The molecule has 1 rings (SSSR count). The van der Waals surface area contributed by atoms with Crippen molar-refractivity contribution in [3.05, 3.63) is 15.9 Å². The van der Waals surface area contributed by atoms with E-state index in [4.69, 9.17) is 4.74 Å². The van der Waals surface area contributed by atoms with Gasteiger partial charge in [0, 0.05) is 27.2 Å². The van der Waals surface area contributed by atoms with Crippen LogP contribution in [0.1, 0.15) is 45.0 Å². The van der Waals surface area contributed by atoms with Crippen LogP contribution < -0.4 is 5.32 Å². The Morgan fingerprint density at radius 3 is 2.62 bits per heavy atom. The number of nitrogens with one attached hydrogen (secondary N) is 1. The van der Waals surface area contributed by atoms with E-state index in [0.29, 0.717) is 0 Å². The molecule has 0 aromatic carbocycles. The van der Waals surface area contributed by atoms with Gasteiger partial charge in [-0.1, -0.05) is 27.2 Å². The third kappa shape index (κ3) is 5.38. The van der Waals surface area contributed by atoms with Crippen molar-refractivity contribution in [1.29, 1.82) is 0 Å². The van der Waals surface area contributed by atoms with Gasteiger partial charge in [0.25, 0.3) is 0 Å². The van der Waals surface area contributed by atoms with Crippen molar-refractivity contribution in [2.24, 2.45) is 12.5 Å². The third-order valence-corrected chi connectivity index (χ3v) is 4.90. The second kappa shape index (κ2) is 8.91. The van der Waals surface area contributed by atoms with Gasteiger partial charge in [0.1, 0.15) is 0 Å². The molecule has 1 aromatic heterocycles. The first kappa shape index (κ1) is 18.7. The summed E-state index contributed by atoms with van der Waals surface area (Å²) >= 11 is 3.74. The average molecular weight is 360 g/mol. The van der Waals surface area contributed by atoms with Crippen molar-refractivity contribution in [1.82, 2.24) is 15.1 Å². The van der Waals surface area contributed by atoms with E-state index in [9.17, 15) is 0 Å². The lowest BCUT2D eigenvalue weighted by Gasteiger charge is -2.30. The van der Waals surface area contributed by atoms with Crippen molar-refractivity contribution in [2.45, 2.75) is 46.5 Å². The summed E-state index contributed by atoms with van der Waals surface area (Å²) in [5.41, 5.74) is 2.69. The maximum atomic E-state index is 5.11. The van der Waals surface area contributed by atoms with Crippen LogP contribution >= 0.6 is 15.9 Å². The van der Waals surface area contributed by atoms with Gasteiger partial charge < -0.3 is 10.1 Å². The molecule has 21 heavy (non-hydrogen) atoms. The Balaban J connectivity index is 2.79. The van der Waals surface area contributed by atoms with Crippen LogP contribution in [0.4, 0.5) is 0 Å². The number of rotatable bonds is 10. The zero-order valence-corrected chi connectivity index (χ0v) is 15.7. The zero-order valence-electron chi connectivity index (χ0n) is 14.1. The fraction of sp³-hybridized carbons (Fsp3) is 0.812. The minimum atomic E-state index is 0.240. The molecule has 1 N–H and O–H groups in total. The largest absolute Gasteiger partial charge is 0.383 e. The topological polar surface area (TPSA) is 39.1 Å². The standard InChI is InChI=1S/C16H30BrN3O/c1-6-8-16(3,12-18-9-10-21-5)11-14-15(17)13(7-2)19-20(14)4/h18H,6-12H2,1-5H3. The number of hydrogen-bond acceptors (Lipinski definition) is 3. The Kier molecular flexibility index (Phi) is 7.92. The molecule has 1 atom stereocenters. The SMILES string of the molecule is CCCC(C)(CNCCOC)Cc1c(Br)c(CC)nn1C. The van der Waals surface area contributed by atoms with Crippen LogP contribution in [0.3, 0.4) is 0 Å². The summed E-state index contributed by atoms with van der Waals surface area (Å²) in [7, 11) is 3.79. The molecular formula is C16H30BrN3O. The highest BCUT2D eigenvalue weighted by atomic mass is 79.9. The molecule has 0 radical (unpaired) electrons. The Morgan fingerprint density at radius 1 is 1.38 bits per heavy atom. The second-order valence-corrected chi connectivity index (χ2v) is 6.88. The van der Waals surface area contributed by atoms with Gasteiger partial charge in [0.2, 0.25) is 0 Å². The Hall–Kier alpha value is -0.390. The summed E-state index contributed by atoms with van der Waals surface area (Å²) in [6, 6.07) is 0. The van der Waals surface area contributed by atoms with Gasteiger partial charge in [0.15, 0.2) is 0 Å². The molecule has 1 unspecified atom stereocenters. The van der Waals surface area contributed by atoms with Crippen LogP contribution in [-0.2, 0) is 24.6 Å². The minimum absolute atomic E-state index is 0.240. The van der Waals surface area contributed by atoms with Crippen molar-refractivity contribution in [3.63, 3.8) is 0 Å². The summed E-state index contributed by atoms with van der Waals surface area (Å²) < 4.78 is 8.33. The van der Waals surface area contributed by atoms with E-state index in [1.807, 2.05) is 11.7 Å². The second-order valence-electron chi connectivity index (χ2n) is 6.09. The summed E-state index contributed by atoms with van der Waals surface area (Å²) in [6.07, 6.45) is 4.39. The van der Waals surface area contributed by atoms with Crippen LogP contribution in [0.2, 0.25) is 0 Å². The number of aromatic nitrogens is 2. The Bertz CT molecular complexity index is 433. The summed E-state index contributed by atoms with van der Waals surface area (Å²) in [5.74, 6) is 0. The van der Waals surface area contributed by atoms with E-state index in [1.54, 1.807) is 7.11 Å². The highest BCUT2D eigenvalue weighted by molar-refractivity contribution is 9.10. The first-order valence-corrected chi connectivity index (χ1v) is 8.66. The molecular weight excluding hydrogens is 330 g/mol. The predicted molar refractivity (Wildman–Crippen MR) is 91.8 cm³/mol. The van der Waals surface area contributed by atoms with Crippen LogP contribution in [0.15, 0.2) is 4.47 Å². The monoisotopic (exact) mass is 359 g/mol. The van der Waals surface area contributed by atoms with Crippen molar-refractivity contribution < 1.29 is 4.74 Å². The lowest BCUT2D eigenvalue weighted by atomic mass is 9.81. The molecule has 1 heterocycles. The molecule has 0 spiro atoms. The summed E-state index contributed by atoms with van der Waals surface area (Å²) in [6.45, 7) is 9.43. The Morgan fingerprint density at radius 2 is 2.10 bits per heavy atom. The molecule has 0 saturated heterocycles. The lowest BCUT2D eigenvalue weighted by molar-refractivity contribution is 0.189. The van der Waals surface area contributed by atoms with Gasteiger partial charge in [0.05, 0.1) is 22.5 Å². The van der Waals surface area contributed by atoms with Crippen LogP contribution in [0.25, 0.3) is 0 Å². The van der Waals surface area contributed by atoms with E-state index >= 15 is 0 Å². The average Bonchev–Trinajstić information content (AvgIpc) is 2.71. The summed E-state index contributed by atoms with van der Waals surface area (Å²) in [5, 5.41) is 8.13. The first-order chi connectivity index (χ1) is 9.97. The van der Waals surface area contributed by atoms with Crippen molar-refractivity contribution >= 4 is 15.9 Å². The van der Waals surface area contributed by atoms with Crippen LogP contribution in [0.5, 0.6) is 0 Å². The van der Waals surface area contributed by atoms with Gasteiger partial charge >= 0.3 is 0 Å². The fourth-order valence-electron chi connectivity index (χ4n) is 2.82. The molecule has 0 bridgehead atoms. The molecule has 4 nitrogen and oxygen atoms in total. The molecule has 0 aliphatic carbocycles. The van der Waals surface area contributed by atoms with Crippen LogP contribution in [-0.4, -0.2) is 36.6 Å². The van der Waals surface area contributed by atoms with Gasteiger partial charge in [-0.2, -0.15) is 5.10 Å². The van der Waals surface area contributed by atoms with Gasteiger partial charge in [-0.15, -0.1) is 0 Å². The first-order valence-electron chi connectivity index (χ1n) is 7.87. The normalized spacial score (nSPS) is 14.4. The molecule has 0 amide bonds. The molecule has 0 fully saturated rings. The van der Waals surface area contributed by atoms with Crippen LogP contribution in [0, 0.1) is 5.41 Å². The zero-order chi connectivity index (χ0) is 15.9. The van der Waals surface area contributed by atoms with Gasteiger partial charge in [-0.05, 0) is 40.6 Å². The quantitative estimate of drug-likeness (QED) is 0.651. The van der Waals surface area contributed by atoms with E-state index in [0.717, 1.165) is 38.2 Å². The minimum Gasteiger partial charge on any atom is -0.383 e. The predicted octanol–water partition coefficient (Wildman–Crippen LogP) is 3.33. The van der Waals surface area contributed by atoms with Crippen molar-refractivity contribution in [2.75, 3.05) is 26.8 Å². The maximum Gasteiger partial charge on any atom is 0.0766 e. The molecule has 122 valence electrons. The third-order valence-electron chi connectivity index (χ3n) is 3.99. The van der Waals surface area contributed by atoms with Crippen molar-refractivity contribution in [3.8, 4) is 0 Å². The van der Waals surface area contributed by atoms with E-state index < -0.39 is 0 Å². The summed E-state index contributed by atoms with van der Waals surface area (Å²) in [4.78, 5) is 0. The molecule has 5 heteroatoms. The van der Waals surface area contributed by atoms with E-state index in [1.165, 1.54) is 23.0 Å². The number of aryl methyl sites for hydroxylation is 2. The highest BCUT2D eigenvalue weighted by Gasteiger charge is 2.27. The fourth-order valence-corrected chi connectivity index (χ4v) is 3.58. The maximum absolute atomic E-state index is 5.11.